The van der Waals surface area contributed by atoms with Crippen molar-refractivity contribution in [2.75, 3.05) is 5.32 Å². The predicted octanol–water partition coefficient (Wildman–Crippen LogP) is 5.64. The van der Waals surface area contributed by atoms with Gasteiger partial charge in [0, 0.05) is 21.7 Å². The Morgan fingerprint density at radius 2 is 1.63 bits per heavy atom. The molecule has 3 aromatic rings. The number of fused-ring (bicyclic) bond motifs is 1. The van der Waals surface area contributed by atoms with Gasteiger partial charge in [-0.05, 0) is 47.9 Å². The second-order valence-electron chi connectivity index (χ2n) is 5.63. The number of hydrogen-bond acceptors (Lipinski definition) is 2. The van der Waals surface area contributed by atoms with E-state index in [1.54, 1.807) is 36.4 Å². The summed E-state index contributed by atoms with van der Waals surface area (Å²) in [6.07, 6.45) is -4.47. The lowest BCUT2D eigenvalue weighted by molar-refractivity contribution is -0.137. The maximum atomic E-state index is 12.8. The largest absolute Gasteiger partial charge is 0.416 e. The highest BCUT2D eigenvalue weighted by Gasteiger charge is 2.30. The van der Waals surface area contributed by atoms with Crippen LogP contribution in [0.1, 0.15) is 15.9 Å². The van der Waals surface area contributed by atoms with Crippen LogP contribution in [0.3, 0.4) is 0 Å². The first kappa shape index (κ1) is 19.1. The Labute approximate surface area is 163 Å². The quantitative estimate of drug-likeness (QED) is 0.539. The Morgan fingerprint density at radius 3 is 2.37 bits per heavy atom. The molecular formula is C19H12ClF3N2OS. The number of hydrogen-bond donors (Lipinski definition) is 2. The van der Waals surface area contributed by atoms with Gasteiger partial charge in [-0.25, -0.2) is 0 Å². The molecule has 0 aliphatic carbocycles. The number of alkyl halides is 3. The van der Waals surface area contributed by atoms with E-state index in [-0.39, 0.29) is 10.8 Å². The third kappa shape index (κ3) is 4.37. The first-order chi connectivity index (χ1) is 12.8. The minimum atomic E-state index is -4.47. The van der Waals surface area contributed by atoms with Crippen LogP contribution >= 0.6 is 23.8 Å². The van der Waals surface area contributed by atoms with Crippen molar-refractivity contribution >= 4 is 51.3 Å². The van der Waals surface area contributed by atoms with Crippen molar-refractivity contribution in [2.45, 2.75) is 6.18 Å². The van der Waals surface area contributed by atoms with E-state index in [0.717, 1.165) is 12.1 Å². The van der Waals surface area contributed by atoms with Crippen LogP contribution in [-0.4, -0.2) is 11.0 Å². The fourth-order valence-corrected chi connectivity index (χ4v) is 3.02. The molecule has 27 heavy (non-hydrogen) atoms. The molecule has 0 saturated carbocycles. The molecule has 0 saturated heterocycles. The number of carbonyl (C=O) groups is 1. The van der Waals surface area contributed by atoms with Gasteiger partial charge in [0.1, 0.15) is 0 Å². The van der Waals surface area contributed by atoms with Gasteiger partial charge < -0.3 is 5.32 Å². The molecule has 3 nitrogen and oxygen atoms in total. The first-order valence-corrected chi connectivity index (χ1v) is 8.51. The average Bonchev–Trinajstić information content (AvgIpc) is 2.61. The molecule has 0 fully saturated rings. The minimum absolute atomic E-state index is 0.113. The van der Waals surface area contributed by atoms with Crippen LogP contribution in [0.4, 0.5) is 18.9 Å². The normalized spacial score (nSPS) is 11.3. The monoisotopic (exact) mass is 408 g/mol. The molecule has 0 radical (unpaired) electrons. The van der Waals surface area contributed by atoms with Crippen molar-refractivity contribution in [2.24, 2.45) is 0 Å². The second-order valence-corrected chi connectivity index (χ2v) is 6.44. The molecule has 0 aliphatic rings. The summed E-state index contributed by atoms with van der Waals surface area (Å²) in [5, 5.41) is 6.81. The number of thiocarbonyl (C=S) groups is 1. The van der Waals surface area contributed by atoms with Gasteiger partial charge in [0.15, 0.2) is 5.11 Å². The van der Waals surface area contributed by atoms with Gasteiger partial charge >= 0.3 is 6.18 Å². The Hall–Kier alpha value is -2.64. The summed E-state index contributed by atoms with van der Waals surface area (Å²) in [4.78, 5) is 12.5. The third-order valence-electron chi connectivity index (χ3n) is 3.79. The second kappa shape index (κ2) is 7.54. The highest BCUT2D eigenvalue weighted by Crippen LogP contribution is 2.30. The first-order valence-electron chi connectivity index (χ1n) is 7.72. The van der Waals surface area contributed by atoms with Crippen molar-refractivity contribution in [3.8, 4) is 0 Å². The summed E-state index contributed by atoms with van der Waals surface area (Å²) in [6, 6.07) is 14.8. The smallest absolute Gasteiger partial charge is 0.332 e. The van der Waals surface area contributed by atoms with Gasteiger partial charge in [0.25, 0.3) is 5.91 Å². The van der Waals surface area contributed by atoms with Crippen LogP contribution in [-0.2, 0) is 6.18 Å². The molecule has 138 valence electrons. The van der Waals surface area contributed by atoms with E-state index in [4.69, 9.17) is 23.8 Å². The van der Waals surface area contributed by atoms with E-state index in [9.17, 15) is 18.0 Å². The van der Waals surface area contributed by atoms with Crippen molar-refractivity contribution < 1.29 is 18.0 Å². The summed E-state index contributed by atoms with van der Waals surface area (Å²) in [7, 11) is 0. The highest BCUT2D eigenvalue weighted by atomic mass is 35.5. The van der Waals surface area contributed by atoms with Crippen LogP contribution in [0.25, 0.3) is 10.8 Å². The standard InChI is InChI=1S/C19H12ClF3N2OS/c20-16-9-3-6-13-14(16)7-2-8-15(13)17(26)25-18(27)24-12-5-1-4-11(10-12)19(21,22)23/h1-10H,(H2,24,25,26,27). The Kier molecular flexibility index (Phi) is 5.34. The third-order valence-corrected chi connectivity index (χ3v) is 4.32. The lowest BCUT2D eigenvalue weighted by Crippen LogP contribution is -2.34. The lowest BCUT2D eigenvalue weighted by Gasteiger charge is -2.13. The highest BCUT2D eigenvalue weighted by molar-refractivity contribution is 7.80. The van der Waals surface area contributed by atoms with E-state index in [0.29, 0.717) is 21.4 Å². The number of anilines is 1. The summed E-state index contributed by atoms with van der Waals surface area (Å²) in [6.45, 7) is 0. The van der Waals surface area contributed by atoms with Gasteiger partial charge in [-0.1, -0.05) is 41.9 Å². The van der Waals surface area contributed by atoms with E-state index in [2.05, 4.69) is 10.6 Å². The van der Waals surface area contributed by atoms with Crippen LogP contribution < -0.4 is 10.6 Å². The summed E-state index contributed by atoms with van der Waals surface area (Å²) >= 11 is 11.2. The molecule has 0 aliphatic heterocycles. The fourth-order valence-electron chi connectivity index (χ4n) is 2.58. The molecule has 1 amide bonds. The number of amides is 1. The zero-order valence-electron chi connectivity index (χ0n) is 13.6. The zero-order chi connectivity index (χ0) is 19.6. The fraction of sp³-hybridized carbons (Fsp3) is 0.0526. The average molecular weight is 409 g/mol. The maximum Gasteiger partial charge on any atom is 0.416 e. The maximum absolute atomic E-state index is 12.8. The molecule has 0 unspecified atom stereocenters. The van der Waals surface area contributed by atoms with Gasteiger partial charge in [-0.15, -0.1) is 0 Å². The van der Waals surface area contributed by atoms with Crippen molar-refractivity contribution in [1.29, 1.82) is 0 Å². The van der Waals surface area contributed by atoms with E-state index in [1.807, 2.05) is 0 Å². The Balaban J connectivity index is 1.78. The van der Waals surface area contributed by atoms with E-state index < -0.39 is 17.6 Å². The van der Waals surface area contributed by atoms with Crippen molar-refractivity contribution in [3.05, 3.63) is 76.8 Å². The van der Waals surface area contributed by atoms with Crippen molar-refractivity contribution in [1.82, 2.24) is 5.32 Å². The number of rotatable bonds is 2. The molecule has 0 bridgehead atoms. The predicted molar refractivity (Wildman–Crippen MR) is 104 cm³/mol. The van der Waals surface area contributed by atoms with Gasteiger partial charge in [0.05, 0.1) is 5.56 Å². The molecule has 2 N–H and O–H groups in total. The summed E-state index contributed by atoms with van der Waals surface area (Å²) in [5.74, 6) is -0.493. The van der Waals surface area contributed by atoms with Crippen LogP contribution in [0.5, 0.6) is 0 Å². The van der Waals surface area contributed by atoms with Gasteiger partial charge in [-0.3, -0.25) is 10.1 Å². The van der Waals surface area contributed by atoms with Gasteiger partial charge in [-0.2, -0.15) is 13.2 Å². The zero-order valence-corrected chi connectivity index (χ0v) is 15.2. The van der Waals surface area contributed by atoms with E-state index in [1.165, 1.54) is 12.1 Å². The molecule has 0 spiro atoms. The SMILES string of the molecule is O=C(NC(=S)Nc1cccc(C(F)(F)F)c1)c1cccc2c(Cl)cccc12. The lowest BCUT2D eigenvalue weighted by atomic mass is 10.0. The summed E-state index contributed by atoms with van der Waals surface area (Å²) in [5.41, 5.74) is -0.343. The minimum Gasteiger partial charge on any atom is -0.332 e. The van der Waals surface area contributed by atoms with Crippen molar-refractivity contribution in [3.63, 3.8) is 0 Å². The molecule has 0 aromatic heterocycles. The molecule has 3 rings (SSSR count). The van der Waals surface area contributed by atoms with Crippen LogP contribution in [0.2, 0.25) is 5.02 Å². The number of nitrogens with one attached hydrogen (secondary N) is 2. The Morgan fingerprint density at radius 1 is 0.963 bits per heavy atom. The molecule has 3 aromatic carbocycles. The topological polar surface area (TPSA) is 41.1 Å². The summed E-state index contributed by atoms with van der Waals surface area (Å²) < 4.78 is 38.3. The van der Waals surface area contributed by atoms with Crippen LogP contribution in [0, 0.1) is 0 Å². The molecule has 8 heteroatoms. The van der Waals surface area contributed by atoms with E-state index >= 15 is 0 Å². The Bertz CT molecular complexity index is 1040. The molecule has 0 atom stereocenters. The van der Waals surface area contributed by atoms with Crippen LogP contribution in [0.15, 0.2) is 60.7 Å². The molecular weight excluding hydrogens is 397 g/mol. The number of benzene rings is 3. The number of halogens is 4. The van der Waals surface area contributed by atoms with Gasteiger partial charge in [0.2, 0.25) is 0 Å². The number of carbonyl (C=O) groups excluding carboxylic acids is 1. The molecule has 0 heterocycles.